The summed E-state index contributed by atoms with van der Waals surface area (Å²) in [6.07, 6.45) is -5.13. The van der Waals surface area contributed by atoms with Crippen LogP contribution in [-0.2, 0) is 32.0 Å². The zero-order valence-electron chi connectivity index (χ0n) is 27.4. The number of likely N-dealkylation sites (N-methyl/N-ethyl adjacent to an activating group) is 2. The van der Waals surface area contributed by atoms with Crippen molar-refractivity contribution in [3.05, 3.63) is 97.4 Å². The van der Waals surface area contributed by atoms with E-state index in [0.717, 1.165) is 28.9 Å². The van der Waals surface area contributed by atoms with Gasteiger partial charge in [0.2, 0.25) is 5.91 Å². The van der Waals surface area contributed by atoms with Crippen LogP contribution >= 0.6 is 46.4 Å². The number of piperidine rings is 1. The molecule has 2 aliphatic heterocycles. The Labute approximate surface area is 312 Å². The van der Waals surface area contributed by atoms with Crippen molar-refractivity contribution in [2.45, 2.75) is 54.3 Å². The molecule has 2 amide bonds. The SMILES string of the molecule is CN(C[C@](CCCN1CCC2(CC1)c1ccccc1C[S+]2[O-])(c1ccc(Cl)c(Cl)c1)N(C)C(=O)Oc1ccc(Cl)c(Cl)c1)C(=O)CC(F)(F)F. The van der Waals surface area contributed by atoms with Crippen molar-refractivity contribution in [2.75, 3.05) is 40.3 Å². The zero-order chi connectivity index (χ0) is 36.4. The van der Waals surface area contributed by atoms with Crippen LogP contribution in [0, 0.1) is 0 Å². The van der Waals surface area contributed by atoms with Crippen LogP contribution in [-0.4, -0.2) is 77.7 Å². The maximum atomic E-state index is 13.8. The number of hydrogen-bond donors (Lipinski definition) is 0. The number of carbonyl (C=O) groups excluding carboxylic acids is 2. The molecule has 50 heavy (non-hydrogen) atoms. The lowest BCUT2D eigenvalue weighted by molar-refractivity contribution is -0.161. The Kier molecular flexibility index (Phi) is 12.2. The topological polar surface area (TPSA) is 76.2 Å². The van der Waals surface area contributed by atoms with Crippen LogP contribution in [0.5, 0.6) is 5.75 Å². The van der Waals surface area contributed by atoms with E-state index in [0.29, 0.717) is 37.4 Å². The normalized spacial score (nSPS) is 18.4. The van der Waals surface area contributed by atoms with Gasteiger partial charge in [-0.2, -0.15) is 13.2 Å². The molecule has 2 atom stereocenters. The molecular formula is C35H36Cl4F3N3O4S. The lowest BCUT2D eigenvalue weighted by Crippen LogP contribution is -2.55. The second kappa shape index (κ2) is 15.7. The van der Waals surface area contributed by atoms with Gasteiger partial charge < -0.3 is 19.1 Å². The molecule has 15 heteroatoms. The van der Waals surface area contributed by atoms with Crippen molar-refractivity contribution in [3.63, 3.8) is 0 Å². The highest BCUT2D eigenvalue weighted by Gasteiger charge is 2.52. The highest BCUT2D eigenvalue weighted by Crippen LogP contribution is 2.49. The first-order chi connectivity index (χ1) is 23.5. The molecule has 3 aromatic carbocycles. The average molecular weight is 794 g/mol. The zero-order valence-corrected chi connectivity index (χ0v) is 31.2. The predicted molar refractivity (Wildman–Crippen MR) is 192 cm³/mol. The lowest BCUT2D eigenvalue weighted by atomic mass is 9.82. The summed E-state index contributed by atoms with van der Waals surface area (Å²) in [6.45, 7) is 1.65. The van der Waals surface area contributed by atoms with E-state index in [2.05, 4.69) is 11.0 Å². The molecule has 5 rings (SSSR count). The Morgan fingerprint density at radius 1 is 0.940 bits per heavy atom. The van der Waals surface area contributed by atoms with Crippen molar-refractivity contribution in [1.82, 2.24) is 14.7 Å². The fraction of sp³-hybridized carbons (Fsp3) is 0.429. The first kappa shape index (κ1) is 38.8. The molecule has 0 aromatic heterocycles. The van der Waals surface area contributed by atoms with E-state index in [4.69, 9.17) is 51.1 Å². The van der Waals surface area contributed by atoms with E-state index >= 15 is 0 Å². The number of halogens is 7. The van der Waals surface area contributed by atoms with E-state index in [1.165, 1.54) is 43.3 Å². The lowest BCUT2D eigenvalue weighted by Gasteiger charge is -2.45. The van der Waals surface area contributed by atoms with Gasteiger partial charge in [0.1, 0.15) is 17.9 Å². The Bertz CT molecular complexity index is 1730. The first-order valence-corrected chi connectivity index (χ1v) is 18.7. The summed E-state index contributed by atoms with van der Waals surface area (Å²) in [5.41, 5.74) is 1.32. The van der Waals surface area contributed by atoms with Gasteiger partial charge in [0, 0.05) is 63.8 Å². The van der Waals surface area contributed by atoms with E-state index in [9.17, 15) is 27.3 Å². The summed E-state index contributed by atoms with van der Waals surface area (Å²) in [4.78, 5) is 31.2. The van der Waals surface area contributed by atoms with Crippen molar-refractivity contribution >= 4 is 69.6 Å². The van der Waals surface area contributed by atoms with Gasteiger partial charge in [-0.15, -0.1) is 0 Å². The second-order valence-electron chi connectivity index (χ2n) is 12.8. The largest absolute Gasteiger partial charge is 0.615 e. The van der Waals surface area contributed by atoms with Crippen LogP contribution in [0.25, 0.3) is 0 Å². The molecule has 1 unspecified atom stereocenters. The van der Waals surface area contributed by atoms with Crippen molar-refractivity contribution in [3.8, 4) is 5.75 Å². The maximum absolute atomic E-state index is 13.8. The van der Waals surface area contributed by atoms with Gasteiger partial charge in [-0.25, -0.2) is 4.79 Å². The molecule has 1 saturated heterocycles. The van der Waals surface area contributed by atoms with Crippen LogP contribution in [0.1, 0.15) is 48.8 Å². The number of hydrogen-bond acceptors (Lipinski definition) is 5. The quantitative estimate of drug-likeness (QED) is 0.192. The summed E-state index contributed by atoms with van der Waals surface area (Å²) in [5, 5.41) is 0.804. The molecule has 270 valence electrons. The van der Waals surface area contributed by atoms with Crippen molar-refractivity contribution in [2.24, 2.45) is 0 Å². The minimum absolute atomic E-state index is 0.0916. The number of ether oxygens (including phenoxy) is 1. The number of carbonyl (C=O) groups is 2. The summed E-state index contributed by atoms with van der Waals surface area (Å²) in [5.74, 6) is -0.526. The highest BCUT2D eigenvalue weighted by molar-refractivity contribution is 7.92. The second-order valence-corrected chi connectivity index (χ2v) is 16.2. The molecule has 3 aromatic rings. The first-order valence-electron chi connectivity index (χ1n) is 15.9. The van der Waals surface area contributed by atoms with Gasteiger partial charge in [-0.05, 0) is 60.4 Å². The molecule has 0 bridgehead atoms. The molecule has 2 heterocycles. The van der Waals surface area contributed by atoms with Gasteiger partial charge in [0.05, 0.1) is 25.6 Å². The van der Waals surface area contributed by atoms with Crippen LogP contribution in [0.4, 0.5) is 18.0 Å². The van der Waals surface area contributed by atoms with E-state index in [1.807, 2.05) is 18.2 Å². The smallest absolute Gasteiger partial charge is 0.415 e. The highest BCUT2D eigenvalue weighted by atomic mass is 35.5. The van der Waals surface area contributed by atoms with Crippen LogP contribution in [0.2, 0.25) is 20.1 Å². The Balaban J connectivity index is 1.42. The van der Waals surface area contributed by atoms with Crippen LogP contribution in [0.15, 0.2) is 60.7 Å². The third-order valence-electron chi connectivity index (χ3n) is 9.70. The Morgan fingerprint density at radius 2 is 1.58 bits per heavy atom. The number of nitrogens with zero attached hydrogens (tertiary/aromatic N) is 3. The van der Waals surface area contributed by atoms with E-state index in [-0.39, 0.29) is 43.6 Å². The summed E-state index contributed by atoms with van der Waals surface area (Å²) in [7, 11) is 2.73. The standard InChI is InChI=1S/C35H36Cl4F3N3O4S/c1-43(31(46)20-35(40,41)42)22-33(24-8-10-27(36)29(38)18-24,44(2)32(47)49-25-9-11-28(37)30(39)19-25)12-5-15-45-16-13-34(14-17-45)26-7-4-3-6-23(26)21-50(34)48/h3-4,6-11,18-19H,5,12-17,20-22H2,1-2H3/t33-,50?/m1/s1. The number of alkyl halides is 3. The third-order valence-corrected chi connectivity index (χ3v) is 13.3. The third kappa shape index (κ3) is 8.46. The van der Waals surface area contributed by atoms with E-state index in [1.54, 1.807) is 12.1 Å². The van der Waals surface area contributed by atoms with Gasteiger partial charge in [-0.3, -0.25) is 9.69 Å². The van der Waals surface area contributed by atoms with Crippen molar-refractivity contribution < 1.29 is 32.0 Å². The van der Waals surface area contributed by atoms with Crippen LogP contribution < -0.4 is 4.74 Å². The molecule has 0 N–H and O–H groups in total. The summed E-state index contributed by atoms with van der Waals surface area (Å²) >= 11 is 23.9. The molecule has 1 spiro atoms. The Morgan fingerprint density at radius 3 is 2.22 bits per heavy atom. The molecule has 2 aliphatic rings. The summed E-state index contributed by atoms with van der Waals surface area (Å²) < 4.78 is 58.6. The number of fused-ring (bicyclic) bond motifs is 2. The molecule has 0 saturated carbocycles. The number of benzene rings is 3. The van der Waals surface area contributed by atoms with Gasteiger partial charge in [-0.1, -0.05) is 76.7 Å². The van der Waals surface area contributed by atoms with Gasteiger partial charge >= 0.3 is 12.3 Å². The molecule has 7 nitrogen and oxygen atoms in total. The maximum Gasteiger partial charge on any atom is 0.415 e. The molecule has 0 radical (unpaired) electrons. The molecular weight excluding hydrogens is 757 g/mol. The molecule has 1 fully saturated rings. The summed E-state index contributed by atoms with van der Waals surface area (Å²) in [6, 6.07) is 17.1. The fourth-order valence-electron chi connectivity index (χ4n) is 6.96. The van der Waals surface area contributed by atoms with Gasteiger partial charge in [0.15, 0.2) is 4.75 Å². The van der Waals surface area contributed by atoms with E-state index < -0.39 is 41.3 Å². The predicted octanol–water partition coefficient (Wildman–Crippen LogP) is 9.07. The Hall–Kier alpha value is -2.38. The van der Waals surface area contributed by atoms with Gasteiger partial charge in [0.25, 0.3) is 0 Å². The number of rotatable bonds is 10. The minimum atomic E-state index is -4.73. The van der Waals surface area contributed by atoms with Crippen molar-refractivity contribution in [1.29, 1.82) is 0 Å². The average Bonchev–Trinajstić information content (AvgIpc) is 3.33. The number of likely N-dealkylation sites (tertiary alicyclic amines) is 1. The minimum Gasteiger partial charge on any atom is -0.615 e. The molecule has 0 aliphatic carbocycles. The van der Waals surface area contributed by atoms with Crippen LogP contribution in [0.3, 0.4) is 0 Å². The fourth-order valence-corrected chi connectivity index (χ4v) is 9.44. The number of amides is 2. The monoisotopic (exact) mass is 791 g/mol.